The zero-order valence-electron chi connectivity index (χ0n) is 12.4. The summed E-state index contributed by atoms with van der Waals surface area (Å²) in [6, 6.07) is 2.31. The fourth-order valence-electron chi connectivity index (χ4n) is 2.32. The highest BCUT2D eigenvalue weighted by Gasteiger charge is 2.23. The van der Waals surface area contributed by atoms with Crippen LogP contribution in [0.2, 0.25) is 0 Å². The van der Waals surface area contributed by atoms with E-state index in [1.807, 2.05) is 6.20 Å². The molecule has 0 spiro atoms. The van der Waals surface area contributed by atoms with Crippen molar-refractivity contribution in [3.05, 3.63) is 34.3 Å². The first kappa shape index (κ1) is 15.1. The quantitative estimate of drug-likeness (QED) is 0.810. The molecule has 0 amide bonds. The Kier molecular flexibility index (Phi) is 5.61. The molecule has 0 radical (unpaired) electrons. The number of aromatic nitrogens is 2. The van der Waals surface area contributed by atoms with Crippen molar-refractivity contribution in [1.82, 2.24) is 15.1 Å². The van der Waals surface area contributed by atoms with Crippen LogP contribution >= 0.6 is 11.3 Å². The number of rotatable bonds is 8. The third-order valence-electron chi connectivity index (χ3n) is 3.25. The van der Waals surface area contributed by atoms with Crippen molar-refractivity contribution < 1.29 is 4.74 Å². The number of thiophene rings is 1. The van der Waals surface area contributed by atoms with Crippen LogP contribution in [0.15, 0.2) is 23.0 Å². The topological polar surface area (TPSA) is 39.1 Å². The van der Waals surface area contributed by atoms with Gasteiger partial charge in [0, 0.05) is 6.54 Å². The van der Waals surface area contributed by atoms with E-state index in [2.05, 4.69) is 45.8 Å². The van der Waals surface area contributed by atoms with Crippen molar-refractivity contribution >= 4 is 11.3 Å². The van der Waals surface area contributed by atoms with Gasteiger partial charge >= 0.3 is 0 Å². The van der Waals surface area contributed by atoms with Gasteiger partial charge < -0.3 is 10.1 Å². The van der Waals surface area contributed by atoms with Crippen LogP contribution in [0.25, 0.3) is 0 Å². The van der Waals surface area contributed by atoms with E-state index < -0.39 is 0 Å². The molecule has 2 rings (SSSR count). The molecular weight excluding hydrogens is 270 g/mol. The predicted octanol–water partition coefficient (Wildman–Crippen LogP) is 3.45. The maximum absolute atomic E-state index is 5.51. The standard InChI is InChI=1S/C15H23N3OS/c1-4-7-16-14(12-6-9-20-11-12)15-13(19-3)10-17-18(15)8-5-2/h6,9-11,14,16H,4-5,7-8H2,1-3H3. The second-order valence-corrected chi connectivity index (χ2v) is 5.55. The third-order valence-corrected chi connectivity index (χ3v) is 3.95. The summed E-state index contributed by atoms with van der Waals surface area (Å²) >= 11 is 1.72. The fourth-order valence-corrected chi connectivity index (χ4v) is 3.00. The van der Waals surface area contributed by atoms with E-state index in [1.165, 1.54) is 5.56 Å². The van der Waals surface area contributed by atoms with Gasteiger partial charge in [0.1, 0.15) is 5.69 Å². The summed E-state index contributed by atoms with van der Waals surface area (Å²) in [4.78, 5) is 0. The van der Waals surface area contributed by atoms with E-state index in [9.17, 15) is 0 Å². The first-order valence-corrected chi connectivity index (χ1v) is 8.11. The van der Waals surface area contributed by atoms with E-state index >= 15 is 0 Å². The Balaban J connectivity index is 2.38. The molecule has 0 saturated carbocycles. The second kappa shape index (κ2) is 7.45. The third kappa shape index (κ3) is 3.22. The SMILES string of the molecule is CCCNC(c1ccsc1)c1c(OC)cnn1CCC. The van der Waals surface area contributed by atoms with Crippen LogP contribution in [-0.4, -0.2) is 23.4 Å². The molecule has 0 aliphatic carbocycles. The zero-order valence-corrected chi connectivity index (χ0v) is 13.2. The molecule has 0 aliphatic heterocycles. The smallest absolute Gasteiger partial charge is 0.161 e. The predicted molar refractivity (Wildman–Crippen MR) is 83.5 cm³/mol. The highest BCUT2D eigenvalue weighted by molar-refractivity contribution is 7.08. The maximum Gasteiger partial charge on any atom is 0.161 e. The van der Waals surface area contributed by atoms with Gasteiger partial charge in [0.2, 0.25) is 0 Å². The monoisotopic (exact) mass is 293 g/mol. The normalized spacial score (nSPS) is 12.6. The van der Waals surface area contributed by atoms with Crippen molar-refractivity contribution in [3.8, 4) is 5.75 Å². The molecule has 1 N–H and O–H groups in total. The Hall–Kier alpha value is -1.33. The molecule has 2 heterocycles. The molecular formula is C15H23N3OS. The van der Waals surface area contributed by atoms with Crippen molar-refractivity contribution in [3.63, 3.8) is 0 Å². The number of hydrogen-bond donors (Lipinski definition) is 1. The van der Waals surface area contributed by atoms with Crippen LogP contribution < -0.4 is 10.1 Å². The molecule has 0 aromatic carbocycles. The summed E-state index contributed by atoms with van der Waals surface area (Å²) in [6.07, 6.45) is 3.98. The van der Waals surface area contributed by atoms with E-state index in [4.69, 9.17) is 4.74 Å². The lowest BCUT2D eigenvalue weighted by molar-refractivity contribution is 0.397. The van der Waals surface area contributed by atoms with Gasteiger partial charge in [-0.15, -0.1) is 0 Å². The lowest BCUT2D eigenvalue weighted by Gasteiger charge is -2.20. The van der Waals surface area contributed by atoms with Crippen LogP contribution in [-0.2, 0) is 6.54 Å². The lowest BCUT2D eigenvalue weighted by atomic mass is 10.1. The average molecular weight is 293 g/mol. The highest BCUT2D eigenvalue weighted by Crippen LogP contribution is 2.31. The minimum Gasteiger partial charge on any atom is -0.493 e. The lowest BCUT2D eigenvalue weighted by Crippen LogP contribution is -2.26. The summed E-state index contributed by atoms with van der Waals surface area (Å²) < 4.78 is 7.57. The van der Waals surface area contributed by atoms with E-state index in [0.29, 0.717) is 0 Å². The van der Waals surface area contributed by atoms with Gasteiger partial charge in [-0.2, -0.15) is 16.4 Å². The largest absolute Gasteiger partial charge is 0.493 e. The van der Waals surface area contributed by atoms with Crippen molar-refractivity contribution in [2.45, 2.75) is 39.3 Å². The number of nitrogens with zero attached hydrogens (tertiary/aromatic N) is 2. The van der Waals surface area contributed by atoms with Crippen molar-refractivity contribution in [2.24, 2.45) is 0 Å². The van der Waals surface area contributed by atoms with Crippen LogP contribution in [0.1, 0.15) is 44.0 Å². The summed E-state index contributed by atoms with van der Waals surface area (Å²) in [5.41, 5.74) is 2.40. The van der Waals surface area contributed by atoms with Gasteiger partial charge in [0.05, 0.1) is 19.3 Å². The molecule has 20 heavy (non-hydrogen) atoms. The van der Waals surface area contributed by atoms with E-state index in [0.717, 1.165) is 37.4 Å². The molecule has 0 aliphatic rings. The van der Waals surface area contributed by atoms with Gasteiger partial charge in [-0.3, -0.25) is 4.68 Å². The summed E-state index contributed by atoms with van der Waals surface area (Å²) in [5.74, 6) is 0.859. The Morgan fingerprint density at radius 1 is 1.40 bits per heavy atom. The molecule has 1 atom stereocenters. The molecule has 110 valence electrons. The maximum atomic E-state index is 5.51. The zero-order chi connectivity index (χ0) is 14.4. The van der Waals surface area contributed by atoms with Crippen LogP contribution in [0, 0.1) is 0 Å². The summed E-state index contributed by atoms with van der Waals surface area (Å²) in [6.45, 7) is 6.23. The number of nitrogens with one attached hydrogen (secondary N) is 1. The van der Waals surface area contributed by atoms with Crippen LogP contribution in [0.5, 0.6) is 5.75 Å². The molecule has 2 aromatic rings. The molecule has 0 bridgehead atoms. The van der Waals surface area contributed by atoms with Crippen LogP contribution in [0.4, 0.5) is 0 Å². The van der Waals surface area contributed by atoms with E-state index in [-0.39, 0.29) is 6.04 Å². The number of aryl methyl sites for hydroxylation is 1. The van der Waals surface area contributed by atoms with E-state index in [1.54, 1.807) is 18.4 Å². The van der Waals surface area contributed by atoms with Gasteiger partial charge in [-0.05, 0) is 41.8 Å². The fraction of sp³-hybridized carbons (Fsp3) is 0.533. The van der Waals surface area contributed by atoms with Gasteiger partial charge in [-0.1, -0.05) is 13.8 Å². The Bertz CT molecular complexity index is 507. The van der Waals surface area contributed by atoms with Crippen molar-refractivity contribution in [2.75, 3.05) is 13.7 Å². The minimum absolute atomic E-state index is 0.144. The summed E-state index contributed by atoms with van der Waals surface area (Å²) in [5, 5.41) is 12.4. The van der Waals surface area contributed by atoms with Gasteiger partial charge in [0.15, 0.2) is 5.75 Å². The number of methoxy groups -OCH3 is 1. The van der Waals surface area contributed by atoms with Crippen molar-refractivity contribution in [1.29, 1.82) is 0 Å². The van der Waals surface area contributed by atoms with Gasteiger partial charge in [0.25, 0.3) is 0 Å². The Labute approximate surface area is 124 Å². The first-order valence-electron chi connectivity index (χ1n) is 7.16. The molecule has 2 aromatic heterocycles. The summed E-state index contributed by atoms with van der Waals surface area (Å²) in [7, 11) is 1.71. The van der Waals surface area contributed by atoms with Gasteiger partial charge in [-0.25, -0.2) is 0 Å². The minimum atomic E-state index is 0.144. The Morgan fingerprint density at radius 2 is 2.25 bits per heavy atom. The Morgan fingerprint density at radius 3 is 2.85 bits per heavy atom. The molecule has 4 nitrogen and oxygen atoms in total. The second-order valence-electron chi connectivity index (χ2n) is 4.77. The van der Waals surface area contributed by atoms with Crippen LogP contribution in [0.3, 0.4) is 0 Å². The molecule has 1 unspecified atom stereocenters. The number of ether oxygens (including phenoxy) is 1. The first-order chi connectivity index (χ1) is 9.81. The number of hydrogen-bond acceptors (Lipinski definition) is 4. The molecule has 0 saturated heterocycles. The average Bonchev–Trinajstić information content (AvgIpc) is 3.10. The molecule has 5 heteroatoms. The molecule has 0 fully saturated rings. The highest BCUT2D eigenvalue weighted by atomic mass is 32.1.